The summed E-state index contributed by atoms with van der Waals surface area (Å²) in [5.41, 5.74) is -0.385. The minimum absolute atomic E-state index is 0.0185. The first-order valence-corrected chi connectivity index (χ1v) is 10.8. The van der Waals surface area contributed by atoms with Crippen LogP contribution in [0.4, 0.5) is 50.0 Å². The molecule has 20 heteroatoms. The van der Waals surface area contributed by atoms with E-state index in [0.29, 0.717) is 18.4 Å². The molecule has 1 aromatic heterocycles. The number of hydrogen-bond acceptors (Lipinski definition) is 7. The Morgan fingerprint density at radius 1 is 0.881 bits per heavy atom. The average molecular weight is 621 g/mol. The van der Waals surface area contributed by atoms with Crippen LogP contribution in [0.3, 0.4) is 0 Å². The zero-order valence-electron chi connectivity index (χ0n) is 20.3. The molecule has 42 heavy (non-hydrogen) atoms. The van der Waals surface area contributed by atoms with Gasteiger partial charge in [0.05, 0.1) is 18.4 Å². The predicted octanol–water partition coefficient (Wildman–Crippen LogP) is 4.45. The summed E-state index contributed by atoms with van der Waals surface area (Å²) in [6.07, 6.45) is -11.3. The fraction of sp³-hybridized carbons (Fsp3) is 0.318. The van der Waals surface area contributed by atoms with Gasteiger partial charge in [0.15, 0.2) is 0 Å². The second kappa shape index (κ2) is 12.0. The number of imide groups is 1. The number of alkyl halides is 9. The molecule has 0 unspecified atom stereocenters. The number of carbonyl (C=O) groups excluding carboxylic acids is 2. The van der Waals surface area contributed by atoms with Crippen molar-refractivity contribution in [2.24, 2.45) is 0 Å². The number of benzene rings is 1. The molecular formula is C22H16F9N3O8. The van der Waals surface area contributed by atoms with E-state index in [4.69, 9.17) is 19.8 Å². The van der Waals surface area contributed by atoms with E-state index in [9.17, 15) is 54.2 Å². The molecule has 1 aromatic carbocycles. The quantitative estimate of drug-likeness (QED) is 0.331. The van der Waals surface area contributed by atoms with Crippen molar-refractivity contribution in [3.63, 3.8) is 0 Å². The smallest absolute Gasteiger partial charge is 0.506 e. The Bertz CT molecular complexity index is 1300. The average Bonchev–Trinajstić information content (AvgIpc) is 3.62. The van der Waals surface area contributed by atoms with E-state index in [2.05, 4.69) is 9.72 Å². The normalized spacial score (nSPS) is 15.8. The summed E-state index contributed by atoms with van der Waals surface area (Å²) in [5, 5.41) is 24.2. The number of aromatic nitrogens is 1. The summed E-state index contributed by atoms with van der Waals surface area (Å²) >= 11 is 0. The highest BCUT2D eigenvalue weighted by molar-refractivity contribution is 6.24. The number of ether oxygens (including phenoxy) is 1. The van der Waals surface area contributed by atoms with E-state index in [-0.39, 0.29) is 18.0 Å². The molecule has 1 saturated heterocycles. The number of rotatable bonds is 4. The lowest BCUT2D eigenvalue weighted by Gasteiger charge is -2.21. The van der Waals surface area contributed by atoms with Gasteiger partial charge in [-0.05, 0) is 43.2 Å². The number of hydrogen-bond donors (Lipinski definition) is 3. The molecule has 0 radical (unpaired) electrons. The van der Waals surface area contributed by atoms with Gasteiger partial charge in [0.25, 0.3) is 5.91 Å². The van der Waals surface area contributed by atoms with Gasteiger partial charge in [-0.2, -0.15) is 26.3 Å². The number of aliphatic carboxylic acids is 2. The van der Waals surface area contributed by atoms with Gasteiger partial charge in [0.2, 0.25) is 0 Å². The molecule has 4 rings (SSSR count). The van der Waals surface area contributed by atoms with Gasteiger partial charge in [-0.15, -0.1) is 13.2 Å². The highest BCUT2D eigenvalue weighted by Gasteiger charge is 2.65. The van der Waals surface area contributed by atoms with Crippen molar-refractivity contribution in [3.8, 4) is 11.5 Å². The van der Waals surface area contributed by atoms with Crippen LogP contribution in [0.5, 0.6) is 11.5 Å². The van der Waals surface area contributed by atoms with Gasteiger partial charge in [-0.25, -0.2) is 19.3 Å². The molecule has 3 amide bonds. The Hall–Kier alpha value is -4.78. The Labute approximate surface area is 227 Å². The first kappa shape index (κ1) is 33.4. The summed E-state index contributed by atoms with van der Waals surface area (Å²) in [7, 11) is 0. The molecule has 230 valence electrons. The largest absolute Gasteiger partial charge is 0.573 e. The van der Waals surface area contributed by atoms with Crippen LogP contribution in [0.1, 0.15) is 18.4 Å². The molecule has 2 aliphatic rings. The second-order valence-corrected chi connectivity index (χ2v) is 8.19. The third kappa shape index (κ3) is 8.36. The Balaban J connectivity index is 0.000000367. The van der Waals surface area contributed by atoms with Gasteiger partial charge in [0, 0.05) is 11.8 Å². The molecule has 0 atom stereocenters. The van der Waals surface area contributed by atoms with Gasteiger partial charge < -0.3 is 25.0 Å². The first-order chi connectivity index (χ1) is 19.1. The van der Waals surface area contributed by atoms with Crippen molar-refractivity contribution in [1.29, 1.82) is 0 Å². The van der Waals surface area contributed by atoms with Gasteiger partial charge in [-0.3, -0.25) is 9.78 Å². The minimum atomic E-state index is -5.08. The minimum Gasteiger partial charge on any atom is -0.506 e. The maximum Gasteiger partial charge on any atom is 0.573 e. The highest BCUT2D eigenvalue weighted by Crippen LogP contribution is 2.50. The lowest BCUT2D eigenvalue weighted by molar-refractivity contribution is -0.274. The SMILES string of the molecule is O=C(O)C(F)(F)F.O=C(O)C(F)(F)F.O=C1N(c2ccc(OC(F)(F)F)cc2)C(=O)C2(CC2)N1Cc1ccncc1O. The van der Waals surface area contributed by atoms with Crippen molar-refractivity contribution in [2.75, 3.05) is 4.90 Å². The van der Waals surface area contributed by atoms with Crippen molar-refractivity contribution in [1.82, 2.24) is 9.88 Å². The van der Waals surface area contributed by atoms with E-state index in [1.165, 1.54) is 29.4 Å². The lowest BCUT2D eigenvalue weighted by atomic mass is 10.2. The molecule has 0 bridgehead atoms. The van der Waals surface area contributed by atoms with Crippen molar-refractivity contribution in [3.05, 3.63) is 48.3 Å². The lowest BCUT2D eigenvalue weighted by Crippen LogP contribution is -2.36. The summed E-state index contributed by atoms with van der Waals surface area (Å²) in [4.78, 5) is 49.7. The second-order valence-electron chi connectivity index (χ2n) is 8.19. The van der Waals surface area contributed by atoms with Crippen LogP contribution < -0.4 is 9.64 Å². The van der Waals surface area contributed by atoms with Gasteiger partial charge >= 0.3 is 36.7 Å². The van der Waals surface area contributed by atoms with Crippen LogP contribution >= 0.6 is 0 Å². The van der Waals surface area contributed by atoms with Crippen LogP contribution in [-0.2, 0) is 20.9 Å². The van der Waals surface area contributed by atoms with Crippen LogP contribution in [0.15, 0.2) is 42.7 Å². The number of carbonyl (C=O) groups is 4. The Morgan fingerprint density at radius 2 is 1.36 bits per heavy atom. The number of amides is 3. The summed E-state index contributed by atoms with van der Waals surface area (Å²) in [5.74, 6) is -6.49. The van der Waals surface area contributed by atoms with Crippen molar-refractivity contribution >= 4 is 29.6 Å². The zero-order valence-corrected chi connectivity index (χ0v) is 20.3. The number of aromatic hydroxyl groups is 1. The Kier molecular flexibility index (Phi) is 9.54. The molecular weight excluding hydrogens is 605 g/mol. The molecule has 1 aliphatic carbocycles. The zero-order chi connectivity index (χ0) is 32.3. The molecule has 11 nitrogen and oxygen atoms in total. The van der Waals surface area contributed by atoms with E-state index in [1.54, 1.807) is 6.07 Å². The Morgan fingerprint density at radius 3 is 1.74 bits per heavy atom. The molecule has 3 N–H and O–H groups in total. The highest BCUT2D eigenvalue weighted by atomic mass is 19.4. The van der Waals surface area contributed by atoms with E-state index in [0.717, 1.165) is 17.0 Å². The number of pyridine rings is 1. The molecule has 2 fully saturated rings. The molecule has 2 heterocycles. The molecule has 1 spiro atoms. The number of carboxylic acid groups (broad SMARTS) is 2. The number of urea groups is 1. The van der Waals surface area contributed by atoms with Crippen molar-refractivity contribution in [2.45, 2.75) is 43.6 Å². The van der Waals surface area contributed by atoms with Crippen LogP contribution in [0.25, 0.3) is 0 Å². The predicted molar refractivity (Wildman–Crippen MR) is 117 cm³/mol. The van der Waals surface area contributed by atoms with E-state index >= 15 is 0 Å². The van der Waals surface area contributed by atoms with E-state index < -0.39 is 53.9 Å². The van der Waals surface area contributed by atoms with Crippen molar-refractivity contribution < 1.29 is 78.7 Å². The first-order valence-electron chi connectivity index (χ1n) is 10.8. The summed E-state index contributed by atoms with van der Waals surface area (Å²) in [6, 6.07) is 5.49. The third-order valence-corrected chi connectivity index (χ3v) is 5.29. The number of nitrogens with zero attached hydrogens (tertiary/aromatic N) is 3. The monoisotopic (exact) mass is 621 g/mol. The fourth-order valence-electron chi connectivity index (χ4n) is 3.28. The third-order valence-electron chi connectivity index (χ3n) is 5.29. The maximum absolute atomic E-state index is 12.9. The maximum atomic E-state index is 12.9. The van der Waals surface area contributed by atoms with Crippen LogP contribution in [-0.4, -0.2) is 73.3 Å². The van der Waals surface area contributed by atoms with E-state index in [1.807, 2.05) is 0 Å². The summed E-state index contributed by atoms with van der Waals surface area (Å²) < 4.78 is 104. The molecule has 1 saturated carbocycles. The topological polar surface area (TPSA) is 158 Å². The van der Waals surface area contributed by atoms with Crippen LogP contribution in [0, 0.1) is 0 Å². The summed E-state index contributed by atoms with van der Waals surface area (Å²) in [6.45, 7) is 0.0185. The van der Waals surface area contributed by atoms with Gasteiger partial charge in [-0.1, -0.05) is 0 Å². The number of anilines is 1. The molecule has 1 aliphatic heterocycles. The standard InChI is InChI=1S/C18H14F3N3O4.2C2HF3O2/c19-18(20,21)28-13-3-1-12(2-4-13)24-15(26)17(6-7-17)23(16(24)27)10-11-5-8-22-9-14(11)25;2*3-2(4,5)1(6)7/h1-5,8-9,25H,6-7,10H2;2*(H,6,7). The number of halogens is 9. The van der Waals surface area contributed by atoms with Crippen LogP contribution in [0.2, 0.25) is 0 Å². The fourth-order valence-corrected chi connectivity index (χ4v) is 3.28. The molecule has 2 aromatic rings. The van der Waals surface area contributed by atoms with Gasteiger partial charge in [0.1, 0.15) is 17.0 Å². The number of carboxylic acids is 2.